The van der Waals surface area contributed by atoms with Crippen LogP contribution in [0.5, 0.6) is 0 Å². The quantitative estimate of drug-likeness (QED) is 0.231. The zero-order chi connectivity index (χ0) is 28.6. The summed E-state index contributed by atoms with van der Waals surface area (Å²) < 4.78 is 22.6. The normalized spacial score (nSPS) is 11.7. The van der Waals surface area contributed by atoms with E-state index in [9.17, 15) is 18.8 Å². The van der Waals surface area contributed by atoms with E-state index in [2.05, 4.69) is 26.1 Å². The van der Waals surface area contributed by atoms with Crippen LogP contribution in [0.2, 0.25) is 0 Å². The Kier molecular flexibility index (Phi) is 7.56. The van der Waals surface area contributed by atoms with Gasteiger partial charge in [0.15, 0.2) is 0 Å². The second-order valence-electron chi connectivity index (χ2n) is 9.71. The van der Waals surface area contributed by atoms with Gasteiger partial charge in [0.2, 0.25) is 0 Å². The molecule has 2 aromatic carbocycles. The number of aromatic nitrogens is 5. The number of carbonyl (C=O) groups is 1. The molecule has 0 aliphatic heterocycles. The molecule has 3 aromatic heterocycles. The minimum absolute atomic E-state index is 0.00547. The Hall–Kier alpha value is -3.90. The van der Waals surface area contributed by atoms with Gasteiger partial charge in [-0.3, -0.25) is 9.36 Å². The highest BCUT2D eigenvalue weighted by atomic mass is 79.9. The van der Waals surface area contributed by atoms with Crippen molar-refractivity contribution in [3.8, 4) is 5.00 Å². The Morgan fingerprint density at radius 3 is 2.50 bits per heavy atom. The summed E-state index contributed by atoms with van der Waals surface area (Å²) in [6, 6.07) is 13.5. The van der Waals surface area contributed by atoms with Gasteiger partial charge in [-0.1, -0.05) is 57.6 Å². The summed E-state index contributed by atoms with van der Waals surface area (Å²) in [5.41, 5.74) is -0.912. The second kappa shape index (κ2) is 10.9. The number of hydrogen-bond acceptors (Lipinski definition) is 7. The number of carbonyl (C=O) groups excluding carboxylic acids is 1. The van der Waals surface area contributed by atoms with E-state index in [1.54, 1.807) is 13.0 Å². The van der Waals surface area contributed by atoms with Crippen LogP contribution in [-0.4, -0.2) is 30.1 Å². The number of fused-ring (bicyclic) bond motifs is 1. The molecular formula is C28H25BrFN5O4S. The van der Waals surface area contributed by atoms with Gasteiger partial charge < -0.3 is 4.74 Å². The zero-order valence-corrected chi connectivity index (χ0v) is 24.3. The molecule has 0 N–H and O–H groups in total. The van der Waals surface area contributed by atoms with Gasteiger partial charge in [0.25, 0.3) is 5.56 Å². The van der Waals surface area contributed by atoms with E-state index in [4.69, 9.17) is 4.74 Å². The van der Waals surface area contributed by atoms with Crippen molar-refractivity contribution in [3.63, 3.8) is 0 Å². The zero-order valence-electron chi connectivity index (χ0n) is 21.9. The van der Waals surface area contributed by atoms with E-state index in [1.807, 2.05) is 30.3 Å². The summed E-state index contributed by atoms with van der Waals surface area (Å²) in [6.07, 6.45) is 3.32. The third kappa shape index (κ3) is 5.04. The van der Waals surface area contributed by atoms with Gasteiger partial charge >= 0.3 is 11.7 Å². The molecule has 40 heavy (non-hydrogen) atoms. The topological polar surface area (TPSA) is 101 Å². The first-order chi connectivity index (χ1) is 19.1. The number of nitrogens with zero attached hydrogens (tertiary/aromatic N) is 5. The maximum atomic E-state index is 14.0. The Bertz CT molecular complexity index is 1830. The minimum atomic E-state index is -1.63. The molecule has 0 atom stereocenters. The fourth-order valence-electron chi connectivity index (χ4n) is 4.49. The summed E-state index contributed by atoms with van der Waals surface area (Å²) in [4.78, 5) is 43.1. The van der Waals surface area contributed by atoms with Crippen molar-refractivity contribution < 1.29 is 13.9 Å². The van der Waals surface area contributed by atoms with Crippen molar-refractivity contribution in [1.29, 1.82) is 0 Å². The average Bonchev–Trinajstić information content (AvgIpc) is 3.57. The number of esters is 1. The molecule has 9 nitrogen and oxygen atoms in total. The third-order valence-electron chi connectivity index (χ3n) is 6.67. The van der Waals surface area contributed by atoms with Crippen LogP contribution in [0, 0.1) is 12.7 Å². The van der Waals surface area contributed by atoms with E-state index in [-0.39, 0.29) is 25.0 Å². The van der Waals surface area contributed by atoms with Gasteiger partial charge in [0.05, 0.1) is 17.8 Å². The predicted molar refractivity (Wildman–Crippen MR) is 153 cm³/mol. The van der Waals surface area contributed by atoms with E-state index < -0.39 is 28.6 Å². The molecule has 0 bridgehead atoms. The van der Waals surface area contributed by atoms with Gasteiger partial charge in [0.1, 0.15) is 27.8 Å². The number of thiophene rings is 1. The van der Waals surface area contributed by atoms with E-state index >= 15 is 0 Å². The first kappa shape index (κ1) is 27.7. The summed E-state index contributed by atoms with van der Waals surface area (Å²) in [5.74, 6) is -1.13. The summed E-state index contributed by atoms with van der Waals surface area (Å²) in [7, 11) is 0. The lowest BCUT2D eigenvalue weighted by Gasteiger charge is -2.26. The molecule has 0 saturated carbocycles. The summed E-state index contributed by atoms with van der Waals surface area (Å²) in [6.45, 7) is 4.84. The molecule has 0 radical (unpaired) electrons. The molecule has 0 aliphatic rings. The number of hydrogen-bond donors (Lipinski definition) is 0. The Morgan fingerprint density at radius 2 is 1.80 bits per heavy atom. The molecule has 206 valence electrons. The van der Waals surface area contributed by atoms with Crippen molar-refractivity contribution in [1.82, 2.24) is 24.1 Å². The van der Waals surface area contributed by atoms with E-state index in [0.717, 1.165) is 10.1 Å². The van der Waals surface area contributed by atoms with Crippen molar-refractivity contribution in [2.45, 2.75) is 45.9 Å². The largest absolute Gasteiger partial charge is 0.459 e. The van der Waals surface area contributed by atoms with Gasteiger partial charge in [-0.15, -0.1) is 4.80 Å². The van der Waals surface area contributed by atoms with Gasteiger partial charge in [-0.05, 0) is 56.5 Å². The fourth-order valence-corrected chi connectivity index (χ4v) is 6.18. The number of benzene rings is 2. The Balaban J connectivity index is 1.64. The average molecular weight is 627 g/mol. The fraction of sp³-hybridized carbons (Fsp3) is 0.250. The third-order valence-corrected chi connectivity index (χ3v) is 8.73. The van der Waals surface area contributed by atoms with Crippen LogP contribution < -0.4 is 11.2 Å². The first-order valence-corrected chi connectivity index (χ1v) is 14.0. The predicted octanol–water partition coefficient (Wildman–Crippen LogP) is 4.74. The Labute approximate surface area is 240 Å². The number of halogens is 2. The summed E-state index contributed by atoms with van der Waals surface area (Å²) in [5, 5.41) is 9.22. The van der Waals surface area contributed by atoms with Gasteiger partial charge in [-0.2, -0.15) is 10.2 Å². The molecule has 5 rings (SSSR count). The lowest BCUT2D eigenvalue weighted by molar-refractivity contribution is -0.154. The van der Waals surface area contributed by atoms with Crippen molar-refractivity contribution in [2.75, 3.05) is 0 Å². The molecule has 0 amide bonds. The molecule has 0 spiro atoms. The molecule has 3 heterocycles. The maximum Gasteiger partial charge on any atom is 0.333 e. The van der Waals surface area contributed by atoms with E-state index in [0.29, 0.717) is 25.4 Å². The highest BCUT2D eigenvalue weighted by molar-refractivity contribution is 9.10. The molecule has 0 fully saturated rings. The second-order valence-corrected chi connectivity index (χ2v) is 11.5. The van der Waals surface area contributed by atoms with Gasteiger partial charge in [0, 0.05) is 16.6 Å². The van der Waals surface area contributed by atoms with Crippen LogP contribution in [0.15, 0.2) is 75.0 Å². The Morgan fingerprint density at radius 1 is 1.10 bits per heavy atom. The first-order valence-electron chi connectivity index (χ1n) is 12.4. The number of aryl methyl sites for hydroxylation is 3. The maximum absolute atomic E-state index is 14.0. The van der Waals surface area contributed by atoms with Crippen molar-refractivity contribution in [3.05, 3.63) is 109 Å². The molecular weight excluding hydrogens is 601 g/mol. The lowest BCUT2D eigenvalue weighted by Crippen LogP contribution is -2.53. The standard InChI is InChI=1S/C28H25BrFN5O4S/c1-17-22-23(36)34(28(2,3)26(37)39-16-18-7-5-4-6-8-18)27(38)33(14-11-19-15-20(30)9-10-21(19)29)25(22)40-24(17)35-31-12-13-32-35/h4-10,12-13,15H,11,14,16H2,1-3H3. The van der Waals surface area contributed by atoms with Crippen LogP contribution in [-0.2, 0) is 34.6 Å². The molecule has 0 saturated heterocycles. The SMILES string of the molecule is Cc1c(-n2nccn2)sc2c1c(=O)n(C(C)(C)C(=O)OCc1ccccc1)c(=O)n2CCc1cc(F)ccc1Br. The number of ether oxygens (including phenoxy) is 1. The smallest absolute Gasteiger partial charge is 0.333 e. The van der Waals surface area contributed by atoms with E-state index in [1.165, 1.54) is 59.1 Å². The van der Waals surface area contributed by atoms with Crippen LogP contribution in [0.1, 0.15) is 30.5 Å². The lowest BCUT2D eigenvalue weighted by atomic mass is 10.1. The summed E-state index contributed by atoms with van der Waals surface area (Å²) >= 11 is 4.64. The van der Waals surface area contributed by atoms with Crippen LogP contribution in [0.4, 0.5) is 4.39 Å². The monoisotopic (exact) mass is 625 g/mol. The van der Waals surface area contributed by atoms with Crippen LogP contribution in [0.25, 0.3) is 15.2 Å². The van der Waals surface area contributed by atoms with Gasteiger partial charge in [-0.25, -0.2) is 18.5 Å². The number of rotatable bonds is 8. The van der Waals surface area contributed by atoms with Crippen molar-refractivity contribution in [2.24, 2.45) is 0 Å². The highest BCUT2D eigenvalue weighted by Crippen LogP contribution is 2.31. The molecule has 0 unspecified atom stereocenters. The molecule has 12 heteroatoms. The minimum Gasteiger partial charge on any atom is -0.459 e. The highest BCUT2D eigenvalue weighted by Gasteiger charge is 2.37. The molecule has 5 aromatic rings. The van der Waals surface area contributed by atoms with Crippen molar-refractivity contribution >= 4 is 43.5 Å². The molecule has 0 aliphatic carbocycles. The van der Waals surface area contributed by atoms with Crippen LogP contribution >= 0.6 is 27.3 Å². The van der Waals surface area contributed by atoms with Crippen LogP contribution in [0.3, 0.4) is 0 Å².